The van der Waals surface area contributed by atoms with E-state index in [0.717, 1.165) is 18.7 Å². The molecule has 0 aromatic rings. The summed E-state index contributed by atoms with van der Waals surface area (Å²) in [5, 5.41) is 2.65. The summed E-state index contributed by atoms with van der Waals surface area (Å²) in [6.07, 6.45) is 2.44. The summed E-state index contributed by atoms with van der Waals surface area (Å²) in [6.45, 7) is 2.15. The van der Waals surface area contributed by atoms with Crippen molar-refractivity contribution in [2.24, 2.45) is 0 Å². The SMILES string of the molecule is CC(=O)OCC(COP(=O)(O)OCCCC(=O)CCOCCNC(=O)CCOCCCC(=O)CCN1C(=O)C=CC1=O)OC(C)=O. The molecule has 260 valence electrons. The molecule has 2 atom stereocenters. The molecule has 0 aromatic heterocycles. The second-order valence-corrected chi connectivity index (χ2v) is 11.4. The number of Topliss-reactive ketones (excluding diaryl/α,β-unsaturated/α-hetero) is 2. The second-order valence-electron chi connectivity index (χ2n) is 9.90. The van der Waals surface area contributed by atoms with E-state index in [1.165, 1.54) is 12.2 Å². The van der Waals surface area contributed by atoms with Crippen LogP contribution in [0.25, 0.3) is 0 Å². The molecule has 18 heteroatoms. The van der Waals surface area contributed by atoms with Crippen molar-refractivity contribution in [3.8, 4) is 0 Å². The zero-order chi connectivity index (χ0) is 34.4. The Labute approximate surface area is 266 Å². The topological polar surface area (TPSA) is 227 Å². The number of hydrogen-bond donors (Lipinski definition) is 2. The fourth-order valence-corrected chi connectivity index (χ4v) is 4.43. The van der Waals surface area contributed by atoms with Gasteiger partial charge < -0.3 is 29.2 Å². The Morgan fingerprint density at radius 2 is 1.39 bits per heavy atom. The van der Waals surface area contributed by atoms with Gasteiger partial charge in [0.2, 0.25) is 5.91 Å². The highest BCUT2D eigenvalue weighted by Gasteiger charge is 2.26. The molecule has 0 fully saturated rings. The first-order valence-electron chi connectivity index (χ1n) is 14.7. The van der Waals surface area contributed by atoms with Crippen molar-refractivity contribution >= 4 is 49.0 Å². The van der Waals surface area contributed by atoms with Gasteiger partial charge in [0.15, 0.2) is 6.10 Å². The van der Waals surface area contributed by atoms with Gasteiger partial charge in [0.1, 0.15) is 18.2 Å². The number of carbonyl (C=O) groups is 7. The number of imide groups is 1. The van der Waals surface area contributed by atoms with Gasteiger partial charge in [0, 0.05) is 77.8 Å². The molecule has 1 aliphatic rings. The highest BCUT2D eigenvalue weighted by molar-refractivity contribution is 7.47. The summed E-state index contributed by atoms with van der Waals surface area (Å²) in [6, 6.07) is 0. The zero-order valence-electron chi connectivity index (χ0n) is 26.1. The number of ether oxygens (including phenoxy) is 4. The van der Waals surface area contributed by atoms with Crippen LogP contribution in [0.1, 0.15) is 58.8 Å². The normalized spacial score (nSPS) is 14.5. The largest absolute Gasteiger partial charge is 0.472 e. The summed E-state index contributed by atoms with van der Waals surface area (Å²) >= 11 is 0. The average Bonchev–Trinajstić information content (AvgIpc) is 3.31. The van der Waals surface area contributed by atoms with Gasteiger partial charge in [-0.2, -0.15) is 0 Å². The molecule has 0 saturated carbocycles. The molecule has 0 radical (unpaired) electrons. The Kier molecular flexibility index (Phi) is 20.4. The van der Waals surface area contributed by atoms with E-state index in [2.05, 4.69) is 5.32 Å². The lowest BCUT2D eigenvalue weighted by molar-refractivity contribution is -0.158. The van der Waals surface area contributed by atoms with Crippen LogP contribution in [-0.2, 0) is 66.1 Å². The first kappa shape index (κ1) is 40.7. The third-order valence-corrected chi connectivity index (χ3v) is 6.89. The molecule has 1 aliphatic heterocycles. The summed E-state index contributed by atoms with van der Waals surface area (Å²) < 4.78 is 41.8. The fourth-order valence-electron chi connectivity index (χ4n) is 3.64. The van der Waals surface area contributed by atoms with Crippen LogP contribution < -0.4 is 5.32 Å². The summed E-state index contributed by atoms with van der Waals surface area (Å²) in [4.78, 5) is 91.4. The number of nitrogens with one attached hydrogen (secondary N) is 1. The van der Waals surface area contributed by atoms with Crippen LogP contribution in [-0.4, -0.2) is 116 Å². The van der Waals surface area contributed by atoms with Gasteiger partial charge in [-0.1, -0.05) is 0 Å². The van der Waals surface area contributed by atoms with E-state index in [9.17, 15) is 43.0 Å². The molecule has 0 spiro atoms. The standard InChI is InChI=1S/C28H43N2O15P/c1-21(31)42-19-25(45-22(2)32)20-44-46(38,39)43-15-4-6-24(34)10-16-41-18-12-29-26(35)11-17-40-14-3-5-23(33)9-13-30-27(36)7-8-28(30)37/h7-8,25H,3-6,9-20H2,1-2H3,(H,29,35)(H,38,39). The maximum Gasteiger partial charge on any atom is 0.472 e. The van der Waals surface area contributed by atoms with Gasteiger partial charge in [-0.25, -0.2) is 4.57 Å². The van der Waals surface area contributed by atoms with Gasteiger partial charge in [-0.05, 0) is 12.8 Å². The molecule has 1 heterocycles. The minimum absolute atomic E-state index is 0.0553. The van der Waals surface area contributed by atoms with E-state index < -0.39 is 44.3 Å². The number of ketones is 2. The zero-order valence-corrected chi connectivity index (χ0v) is 27.0. The summed E-state index contributed by atoms with van der Waals surface area (Å²) in [7, 11) is -4.51. The molecule has 0 aromatic carbocycles. The lowest BCUT2D eigenvalue weighted by Gasteiger charge is -2.18. The predicted octanol–water partition coefficient (Wildman–Crippen LogP) is 0.558. The maximum atomic E-state index is 12.0. The molecule has 1 rings (SSSR count). The van der Waals surface area contributed by atoms with Crippen molar-refractivity contribution in [2.45, 2.75) is 64.9 Å². The lowest BCUT2D eigenvalue weighted by Crippen LogP contribution is -2.32. The molecule has 2 N–H and O–H groups in total. The molecular weight excluding hydrogens is 635 g/mol. The summed E-state index contributed by atoms with van der Waals surface area (Å²) in [5.74, 6) is -2.68. The van der Waals surface area contributed by atoms with Gasteiger partial charge in [0.25, 0.3) is 11.8 Å². The Bertz CT molecular complexity index is 1110. The van der Waals surface area contributed by atoms with Crippen molar-refractivity contribution in [3.05, 3.63) is 12.2 Å². The van der Waals surface area contributed by atoms with Crippen LogP contribution in [0, 0.1) is 0 Å². The van der Waals surface area contributed by atoms with Crippen molar-refractivity contribution in [1.82, 2.24) is 10.2 Å². The maximum absolute atomic E-state index is 12.0. The Balaban J connectivity index is 1.99. The Morgan fingerprint density at radius 3 is 2.04 bits per heavy atom. The van der Waals surface area contributed by atoms with Gasteiger partial charge in [0.05, 0.1) is 33.0 Å². The van der Waals surface area contributed by atoms with Crippen LogP contribution in [0.15, 0.2) is 12.2 Å². The van der Waals surface area contributed by atoms with Crippen molar-refractivity contribution in [3.63, 3.8) is 0 Å². The quantitative estimate of drug-likeness (QED) is 0.0524. The third kappa shape index (κ3) is 20.6. The lowest BCUT2D eigenvalue weighted by atomic mass is 10.1. The van der Waals surface area contributed by atoms with E-state index in [4.69, 9.17) is 28.0 Å². The van der Waals surface area contributed by atoms with Crippen molar-refractivity contribution in [2.75, 3.05) is 59.3 Å². The Morgan fingerprint density at radius 1 is 0.783 bits per heavy atom. The smallest absolute Gasteiger partial charge is 0.462 e. The minimum atomic E-state index is -4.51. The molecule has 0 aliphatic carbocycles. The molecular formula is C28H43N2O15P. The number of esters is 2. The molecule has 2 unspecified atom stereocenters. The van der Waals surface area contributed by atoms with Crippen LogP contribution >= 0.6 is 7.82 Å². The molecule has 0 saturated heterocycles. The fraction of sp³-hybridized carbons (Fsp3) is 0.679. The molecule has 3 amide bonds. The third-order valence-electron chi connectivity index (χ3n) is 5.91. The second kappa shape index (κ2) is 23.1. The number of rotatable bonds is 27. The van der Waals surface area contributed by atoms with E-state index in [1.807, 2.05) is 0 Å². The number of amides is 3. The first-order chi connectivity index (χ1) is 21.8. The average molecular weight is 679 g/mol. The first-order valence-corrected chi connectivity index (χ1v) is 16.2. The van der Waals surface area contributed by atoms with Gasteiger partial charge in [-0.15, -0.1) is 0 Å². The van der Waals surface area contributed by atoms with E-state index in [1.54, 1.807) is 0 Å². The summed E-state index contributed by atoms with van der Waals surface area (Å²) in [5.41, 5.74) is 0. The number of phosphoric acid groups is 1. The highest BCUT2D eigenvalue weighted by atomic mass is 31.2. The van der Waals surface area contributed by atoms with Crippen molar-refractivity contribution in [1.29, 1.82) is 0 Å². The highest BCUT2D eigenvalue weighted by Crippen LogP contribution is 2.43. The van der Waals surface area contributed by atoms with Crippen LogP contribution in [0.3, 0.4) is 0 Å². The van der Waals surface area contributed by atoms with Crippen LogP contribution in [0.2, 0.25) is 0 Å². The number of hydrogen-bond acceptors (Lipinski definition) is 14. The van der Waals surface area contributed by atoms with E-state index in [-0.39, 0.29) is 109 Å². The molecule has 46 heavy (non-hydrogen) atoms. The minimum Gasteiger partial charge on any atom is -0.462 e. The Hall–Kier alpha value is -3.34. The van der Waals surface area contributed by atoms with Gasteiger partial charge >= 0.3 is 19.8 Å². The van der Waals surface area contributed by atoms with Gasteiger partial charge in [-0.3, -0.25) is 47.5 Å². The molecule has 17 nitrogen and oxygen atoms in total. The van der Waals surface area contributed by atoms with E-state index in [0.29, 0.717) is 6.42 Å². The monoisotopic (exact) mass is 678 g/mol. The van der Waals surface area contributed by atoms with Crippen LogP contribution in [0.4, 0.5) is 0 Å². The van der Waals surface area contributed by atoms with Crippen LogP contribution in [0.5, 0.6) is 0 Å². The number of phosphoric ester groups is 1. The number of nitrogens with zero attached hydrogens (tertiary/aromatic N) is 1. The van der Waals surface area contributed by atoms with E-state index >= 15 is 0 Å². The predicted molar refractivity (Wildman–Crippen MR) is 157 cm³/mol. The number of carbonyl (C=O) groups excluding carboxylic acids is 7. The molecule has 0 bridgehead atoms. The van der Waals surface area contributed by atoms with Crippen molar-refractivity contribution < 1.29 is 71.0 Å².